The Morgan fingerprint density at radius 2 is 1.79 bits per heavy atom. The van der Waals surface area contributed by atoms with Crippen molar-refractivity contribution in [3.05, 3.63) is 83.4 Å². The largest absolute Gasteiger partial charge is 0.375 e. The Labute approximate surface area is 202 Å². The summed E-state index contributed by atoms with van der Waals surface area (Å²) < 4.78 is 0.934. The van der Waals surface area contributed by atoms with Gasteiger partial charge in [-0.2, -0.15) is 0 Å². The summed E-state index contributed by atoms with van der Waals surface area (Å²) in [7, 11) is 0. The lowest BCUT2D eigenvalue weighted by molar-refractivity contribution is -0.114. The molecule has 5 rings (SSSR count). The first-order chi connectivity index (χ1) is 16.6. The number of carbonyl (C=O) groups excluding carboxylic acids is 2. The third kappa shape index (κ3) is 4.63. The van der Waals surface area contributed by atoms with E-state index in [1.54, 1.807) is 48.2 Å². The number of nitrogen functional groups attached to an aromatic ring is 1. The highest BCUT2D eigenvalue weighted by Crippen LogP contribution is 2.27. The molecule has 3 heterocycles. The van der Waals surface area contributed by atoms with Crippen LogP contribution >= 0.6 is 22.7 Å². The van der Waals surface area contributed by atoms with E-state index in [1.165, 1.54) is 27.6 Å². The summed E-state index contributed by atoms with van der Waals surface area (Å²) in [4.78, 5) is 40.2. The van der Waals surface area contributed by atoms with Crippen molar-refractivity contribution in [3.63, 3.8) is 0 Å². The summed E-state index contributed by atoms with van der Waals surface area (Å²) in [6, 6.07) is 16.1. The van der Waals surface area contributed by atoms with Gasteiger partial charge in [0.25, 0.3) is 5.91 Å². The zero-order valence-corrected chi connectivity index (χ0v) is 19.3. The molecule has 0 saturated heterocycles. The van der Waals surface area contributed by atoms with Crippen LogP contribution in [0.15, 0.2) is 77.9 Å². The van der Waals surface area contributed by atoms with Gasteiger partial charge in [0.2, 0.25) is 5.91 Å². The van der Waals surface area contributed by atoms with Crippen LogP contribution in [0.1, 0.15) is 10.4 Å². The van der Waals surface area contributed by atoms with Gasteiger partial charge >= 0.3 is 0 Å². The molecule has 0 aliphatic carbocycles. The van der Waals surface area contributed by atoms with Crippen molar-refractivity contribution in [2.45, 2.75) is 0 Å². The lowest BCUT2D eigenvalue weighted by Gasteiger charge is -2.22. The maximum absolute atomic E-state index is 13.3. The van der Waals surface area contributed by atoms with E-state index in [4.69, 9.17) is 5.73 Å². The normalized spacial score (nSPS) is 10.8. The highest BCUT2D eigenvalue weighted by Gasteiger charge is 2.21. The first-order valence-electron chi connectivity index (χ1n) is 10.2. The minimum atomic E-state index is -0.322. The van der Waals surface area contributed by atoms with Crippen molar-refractivity contribution in [2.75, 3.05) is 22.5 Å². The smallest absolute Gasteiger partial charge is 0.258 e. The van der Waals surface area contributed by atoms with Crippen molar-refractivity contribution in [1.82, 2.24) is 15.0 Å². The molecule has 3 aromatic heterocycles. The highest BCUT2D eigenvalue weighted by atomic mass is 32.1. The molecule has 0 radical (unpaired) electrons. The fourth-order valence-electron chi connectivity index (χ4n) is 3.43. The van der Waals surface area contributed by atoms with E-state index in [9.17, 15) is 9.59 Å². The number of aromatic nitrogens is 3. The number of nitrogens with one attached hydrogen (secondary N) is 1. The number of benzene rings is 2. The predicted molar refractivity (Wildman–Crippen MR) is 136 cm³/mol. The molecule has 2 amide bonds. The molecule has 0 fully saturated rings. The maximum atomic E-state index is 13.3. The molecule has 0 spiro atoms. The molecule has 0 bridgehead atoms. The van der Waals surface area contributed by atoms with Gasteiger partial charge in [-0.15, -0.1) is 22.7 Å². The van der Waals surface area contributed by atoms with E-state index in [0.29, 0.717) is 22.1 Å². The summed E-state index contributed by atoms with van der Waals surface area (Å²) in [6.45, 7) is -0.157. The molecule has 168 valence electrons. The molecule has 10 heteroatoms. The van der Waals surface area contributed by atoms with Crippen LogP contribution in [0.25, 0.3) is 21.5 Å². The van der Waals surface area contributed by atoms with Crippen LogP contribution in [0.2, 0.25) is 0 Å². The van der Waals surface area contributed by atoms with Gasteiger partial charge in [0, 0.05) is 40.3 Å². The molecule has 0 aliphatic rings. The molecule has 0 atom stereocenters. The van der Waals surface area contributed by atoms with Crippen LogP contribution in [0.3, 0.4) is 0 Å². The molecule has 0 saturated carbocycles. The Morgan fingerprint density at radius 3 is 2.53 bits per heavy atom. The topological polar surface area (TPSA) is 114 Å². The van der Waals surface area contributed by atoms with Crippen molar-refractivity contribution in [2.24, 2.45) is 0 Å². The number of hydrogen-bond acceptors (Lipinski definition) is 8. The molecule has 5 aromatic rings. The summed E-state index contributed by atoms with van der Waals surface area (Å²) in [6.07, 6.45) is 3.10. The maximum Gasteiger partial charge on any atom is 0.258 e. The second-order valence-electron chi connectivity index (χ2n) is 7.33. The van der Waals surface area contributed by atoms with E-state index in [-0.39, 0.29) is 18.4 Å². The Hall–Kier alpha value is -4.15. The Morgan fingerprint density at radius 1 is 1.00 bits per heavy atom. The molecule has 8 nitrogen and oxygen atoms in total. The van der Waals surface area contributed by atoms with E-state index >= 15 is 0 Å². The lowest BCUT2D eigenvalue weighted by atomic mass is 10.1. The zero-order chi connectivity index (χ0) is 23.5. The minimum Gasteiger partial charge on any atom is -0.375 e. The SMILES string of the molecule is Nc1nc(-c2ccc(NC(=O)CN(C(=O)c3ccncc3)c3ccc4ncsc4c3)cc2)cs1. The number of nitrogens with zero attached hydrogens (tertiary/aromatic N) is 4. The highest BCUT2D eigenvalue weighted by molar-refractivity contribution is 7.16. The number of pyridine rings is 1. The number of carbonyl (C=O) groups is 2. The first-order valence-corrected chi connectivity index (χ1v) is 12.0. The van der Waals surface area contributed by atoms with Gasteiger partial charge in [-0.25, -0.2) is 9.97 Å². The molecule has 0 aliphatic heterocycles. The van der Waals surface area contributed by atoms with Gasteiger partial charge < -0.3 is 11.1 Å². The number of anilines is 3. The second kappa shape index (κ2) is 9.38. The van der Waals surface area contributed by atoms with E-state index in [1.807, 2.05) is 29.6 Å². The average Bonchev–Trinajstić information content (AvgIpc) is 3.51. The van der Waals surface area contributed by atoms with Crippen molar-refractivity contribution in [3.8, 4) is 11.3 Å². The summed E-state index contributed by atoms with van der Waals surface area (Å²) in [5.41, 5.74) is 11.7. The lowest BCUT2D eigenvalue weighted by Crippen LogP contribution is -2.38. The van der Waals surface area contributed by atoms with Crippen LogP contribution in [0, 0.1) is 0 Å². The number of hydrogen-bond donors (Lipinski definition) is 2. The van der Waals surface area contributed by atoms with Gasteiger partial charge in [-0.05, 0) is 42.5 Å². The number of thiazole rings is 2. The molecule has 3 N–H and O–H groups in total. The minimum absolute atomic E-state index is 0.157. The van der Waals surface area contributed by atoms with Crippen molar-refractivity contribution in [1.29, 1.82) is 0 Å². The second-order valence-corrected chi connectivity index (χ2v) is 9.10. The Bertz CT molecular complexity index is 1460. The molecule has 0 unspecified atom stereocenters. The predicted octanol–water partition coefficient (Wildman–Crippen LogP) is 4.68. The molecular weight excluding hydrogens is 468 g/mol. The Kier molecular flexibility index (Phi) is 5.98. The fourth-order valence-corrected chi connectivity index (χ4v) is 4.71. The van der Waals surface area contributed by atoms with Crippen LogP contribution in [0.4, 0.5) is 16.5 Å². The van der Waals surface area contributed by atoms with Gasteiger partial charge in [-0.1, -0.05) is 12.1 Å². The Balaban J connectivity index is 1.37. The van der Waals surface area contributed by atoms with Crippen LogP contribution in [0.5, 0.6) is 0 Å². The van der Waals surface area contributed by atoms with Gasteiger partial charge in [0.15, 0.2) is 5.13 Å². The van der Waals surface area contributed by atoms with Gasteiger partial charge in [-0.3, -0.25) is 19.5 Å². The van der Waals surface area contributed by atoms with E-state index < -0.39 is 0 Å². The quantitative estimate of drug-likeness (QED) is 0.360. The number of nitrogens with two attached hydrogens (primary N) is 1. The third-order valence-corrected chi connectivity index (χ3v) is 6.55. The van der Waals surface area contributed by atoms with E-state index in [2.05, 4.69) is 20.3 Å². The van der Waals surface area contributed by atoms with Crippen molar-refractivity contribution < 1.29 is 9.59 Å². The van der Waals surface area contributed by atoms with Crippen LogP contribution in [-0.2, 0) is 4.79 Å². The van der Waals surface area contributed by atoms with Gasteiger partial charge in [0.1, 0.15) is 6.54 Å². The van der Waals surface area contributed by atoms with Crippen LogP contribution in [-0.4, -0.2) is 33.3 Å². The summed E-state index contributed by atoms with van der Waals surface area (Å²) in [5.74, 6) is -0.615. The third-order valence-electron chi connectivity index (χ3n) is 5.09. The average molecular weight is 487 g/mol. The standard InChI is InChI=1S/C24H18N6O2S2/c25-24-29-20(13-33-24)15-1-3-17(4-2-15)28-22(31)12-30(23(32)16-7-9-26-10-8-16)18-5-6-19-21(11-18)34-14-27-19/h1-11,13-14H,12H2,(H2,25,29)(H,28,31). The molecular formula is C24H18N6O2S2. The van der Waals surface area contributed by atoms with Gasteiger partial charge in [0.05, 0.1) is 21.4 Å². The number of amides is 2. The zero-order valence-electron chi connectivity index (χ0n) is 17.7. The first kappa shape index (κ1) is 21.7. The number of rotatable bonds is 6. The van der Waals surface area contributed by atoms with E-state index in [0.717, 1.165) is 21.5 Å². The summed E-state index contributed by atoms with van der Waals surface area (Å²) >= 11 is 2.85. The number of fused-ring (bicyclic) bond motifs is 1. The summed E-state index contributed by atoms with van der Waals surface area (Å²) in [5, 5.41) is 5.25. The fraction of sp³-hybridized carbons (Fsp3) is 0.0417. The van der Waals surface area contributed by atoms with Crippen LogP contribution < -0.4 is 16.0 Å². The molecule has 34 heavy (non-hydrogen) atoms. The molecule has 2 aromatic carbocycles. The van der Waals surface area contributed by atoms with Crippen molar-refractivity contribution >= 4 is 61.2 Å². The monoisotopic (exact) mass is 486 g/mol.